The van der Waals surface area contributed by atoms with Gasteiger partial charge in [0, 0.05) is 24.0 Å². The van der Waals surface area contributed by atoms with Gasteiger partial charge in [-0.2, -0.15) is 0 Å². The Bertz CT molecular complexity index is 685. The molecule has 1 aromatic rings. The Kier molecular flexibility index (Phi) is 8.83. The van der Waals surface area contributed by atoms with Crippen molar-refractivity contribution in [1.29, 1.82) is 0 Å². The minimum Gasteiger partial charge on any atom is -0.449 e. The first-order valence-electron chi connectivity index (χ1n) is 9.89. The zero-order valence-electron chi connectivity index (χ0n) is 16.9. The van der Waals surface area contributed by atoms with Gasteiger partial charge in [0.25, 0.3) is 5.91 Å². The predicted octanol–water partition coefficient (Wildman–Crippen LogP) is 3.25. The van der Waals surface area contributed by atoms with Gasteiger partial charge < -0.3 is 15.0 Å². The van der Waals surface area contributed by atoms with Crippen LogP contribution in [0, 0.1) is 0 Å². The standard InChI is InChI=1S/C21H30N2O4S/c1-15(2)22-19(24)14-28-18-11-7-6-10-17(18)21(26)27-16(3)20(25)23-12-8-4-5-9-13-23/h6-7,10-11,15-16H,4-5,8-9,12-14H2,1-3H3,(H,22,24)/t16-/m0/s1. The highest BCUT2D eigenvalue weighted by Crippen LogP contribution is 2.24. The van der Waals surface area contributed by atoms with Crippen molar-refractivity contribution in [2.45, 2.75) is 63.5 Å². The van der Waals surface area contributed by atoms with Crippen molar-refractivity contribution in [3.63, 3.8) is 0 Å². The summed E-state index contributed by atoms with van der Waals surface area (Å²) >= 11 is 1.28. The average molecular weight is 407 g/mol. The molecule has 1 fully saturated rings. The van der Waals surface area contributed by atoms with E-state index in [-0.39, 0.29) is 23.6 Å². The SMILES string of the molecule is CC(C)NC(=O)CSc1ccccc1C(=O)O[C@@H](C)C(=O)N1CCCCCC1. The summed E-state index contributed by atoms with van der Waals surface area (Å²) in [6.07, 6.45) is 3.42. The van der Waals surface area contributed by atoms with Gasteiger partial charge in [-0.25, -0.2) is 4.79 Å². The van der Waals surface area contributed by atoms with E-state index in [1.807, 2.05) is 19.9 Å². The summed E-state index contributed by atoms with van der Waals surface area (Å²) in [4.78, 5) is 39.6. The van der Waals surface area contributed by atoms with Gasteiger partial charge in [-0.05, 0) is 45.7 Å². The third-order valence-electron chi connectivity index (χ3n) is 4.46. The lowest BCUT2D eigenvalue weighted by molar-refractivity contribution is -0.139. The third-order valence-corrected chi connectivity index (χ3v) is 5.54. The predicted molar refractivity (Wildman–Crippen MR) is 110 cm³/mol. The second-order valence-electron chi connectivity index (χ2n) is 7.29. The van der Waals surface area contributed by atoms with Crippen LogP contribution in [-0.2, 0) is 14.3 Å². The van der Waals surface area contributed by atoms with Crippen LogP contribution in [0.4, 0.5) is 0 Å². The Hall–Kier alpha value is -2.02. The van der Waals surface area contributed by atoms with E-state index in [4.69, 9.17) is 4.74 Å². The van der Waals surface area contributed by atoms with Gasteiger partial charge in [0.2, 0.25) is 5.91 Å². The minimum absolute atomic E-state index is 0.0687. The van der Waals surface area contributed by atoms with Crippen LogP contribution in [-0.4, -0.2) is 53.7 Å². The molecule has 0 aliphatic carbocycles. The molecule has 1 heterocycles. The molecule has 0 bridgehead atoms. The molecule has 0 saturated carbocycles. The molecule has 2 rings (SSSR count). The fourth-order valence-corrected chi connectivity index (χ4v) is 3.94. The number of hydrogen-bond donors (Lipinski definition) is 1. The van der Waals surface area contributed by atoms with E-state index in [0.29, 0.717) is 10.5 Å². The molecule has 1 aromatic carbocycles. The molecule has 28 heavy (non-hydrogen) atoms. The van der Waals surface area contributed by atoms with Gasteiger partial charge in [-0.3, -0.25) is 9.59 Å². The Morgan fingerprint density at radius 3 is 2.36 bits per heavy atom. The van der Waals surface area contributed by atoms with E-state index in [1.54, 1.807) is 30.0 Å². The van der Waals surface area contributed by atoms with Crippen molar-refractivity contribution in [3.05, 3.63) is 29.8 Å². The van der Waals surface area contributed by atoms with E-state index >= 15 is 0 Å². The number of nitrogens with zero attached hydrogens (tertiary/aromatic N) is 1. The van der Waals surface area contributed by atoms with Crippen molar-refractivity contribution in [3.8, 4) is 0 Å². The van der Waals surface area contributed by atoms with Crippen molar-refractivity contribution in [1.82, 2.24) is 10.2 Å². The van der Waals surface area contributed by atoms with Crippen LogP contribution >= 0.6 is 11.8 Å². The number of carbonyl (C=O) groups excluding carboxylic acids is 3. The first-order chi connectivity index (χ1) is 13.4. The highest BCUT2D eigenvalue weighted by molar-refractivity contribution is 8.00. The summed E-state index contributed by atoms with van der Waals surface area (Å²) in [5, 5.41) is 2.82. The molecule has 1 saturated heterocycles. The van der Waals surface area contributed by atoms with Crippen molar-refractivity contribution >= 4 is 29.5 Å². The fourth-order valence-electron chi connectivity index (χ4n) is 3.09. The summed E-state index contributed by atoms with van der Waals surface area (Å²) in [5.74, 6) is -0.558. The average Bonchev–Trinajstić information content (AvgIpc) is 2.94. The Balaban J connectivity index is 1.97. The van der Waals surface area contributed by atoms with E-state index in [0.717, 1.165) is 38.8 Å². The van der Waals surface area contributed by atoms with Gasteiger partial charge in [-0.15, -0.1) is 11.8 Å². The monoisotopic (exact) mass is 406 g/mol. The Morgan fingerprint density at radius 1 is 1.07 bits per heavy atom. The summed E-state index contributed by atoms with van der Waals surface area (Å²) in [6, 6.07) is 7.07. The van der Waals surface area contributed by atoms with E-state index in [9.17, 15) is 14.4 Å². The van der Waals surface area contributed by atoms with Gasteiger partial charge in [0.1, 0.15) is 0 Å². The maximum Gasteiger partial charge on any atom is 0.340 e. The summed E-state index contributed by atoms with van der Waals surface area (Å²) < 4.78 is 5.46. The largest absolute Gasteiger partial charge is 0.449 e. The highest BCUT2D eigenvalue weighted by atomic mass is 32.2. The number of benzene rings is 1. The number of ether oxygens (including phenoxy) is 1. The molecule has 1 atom stereocenters. The molecule has 0 spiro atoms. The van der Waals surface area contributed by atoms with Crippen molar-refractivity contribution < 1.29 is 19.1 Å². The van der Waals surface area contributed by atoms with Crippen molar-refractivity contribution in [2.24, 2.45) is 0 Å². The first-order valence-corrected chi connectivity index (χ1v) is 10.9. The van der Waals surface area contributed by atoms with Crippen molar-refractivity contribution in [2.75, 3.05) is 18.8 Å². The van der Waals surface area contributed by atoms with Gasteiger partial charge in [0.05, 0.1) is 11.3 Å². The summed E-state index contributed by atoms with van der Waals surface area (Å²) in [5.41, 5.74) is 0.375. The van der Waals surface area contributed by atoms with Gasteiger partial charge in [-0.1, -0.05) is 25.0 Å². The number of likely N-dealkylation sites (tertiary alicyclic amines) is 1. The molecule has 1 N–H and O–H groups in total. The van der Waals surface area contributed by atoms with Gasteiger partial charge >= 0.3 is 5.97 Å². The lowest BCUT2D eigenvalue weighted by atomic mass is 10.2. The number of hydrogen-bond acceptors (Lipinski definition) is 5. The number of esters is 1. The minimum atomic E-state index is -0.826. The molecule has 2 amide bonds. The summed E-state index contributed by atoms with van der Waals surface area (Å²) in [7, 11) is 0. The van der Waals surface area contributed by atoms with E-state index < -0.39 is 12.1 Å². The van der Waals surface area contributed by atoms with E-state index in [2.05, 4.69) is 5.32 Å². The van der Waals surface area contributed by atoms with Crippen LogP contribution < -0.4 is 5.32 Å². The maximum atomic E-state index is 12.6. The highest BCUT2D eigenvalue weighted by Gasteiger charge is 2.25. The first kappa shape index (κ1) is 22.3. The van der Waals surface area contributed by atoms with Crippen LogP contribution in [0.25, 0.3) is 0 Å². The third kappa shape index (κ3) is 6.86. The quantitative estimate of drug-likeness (QED) is 0.556. The van der Waals surface area contributed by atoms with Crippen LogP contribution in [0.1, 0.15) is 56.8 Å². The topological polar surface area (TPSA) is 75.7 Å². The molecule has 1 aliphatic heterocycles. The zero-order chi connectivity index (χ0) is 20.5. The molecule has 0 aromatic heterocycles. The molecular formula is C21H30N2O4S. The van der Waals surface area contributed by atoms with Crippen LogP contribution in [0.5, 0.6) is 0 Å². The normalized spacial score (nSPS) is 15.6. The number of thioether (sulfide) groups is 1. The molecule has 0 radical (unpaired) electrons. The van der Waals surface area contributed by atoms with Crippen LogP contribution in [0.3, 0.4) is 0 Å². The second kappa shape index (κ2) is 11.1. The Morgan fingerprint density at radius 2 is 1.71 bits per heavy atom. The lowest BCUT2D eigenvalue weighted by Crippen LogP contribution is -2.40. The van der Waals surface area contributed by atoms with Crippen LogP contribution in [0.2, 0.25) is 0 Å². The van der Waals surface area contributed by atoms with E-state index in [1.165, 1.54) is 11.8 Å². The molecule has 154 valence electrons. The zero-order valence-corrected chi connectivity index (χ0v) is 17.7. The molecule has 1 aliphatic rings. The summed E-state index contributed by atoms with van der Waals surface area (Å²) in [6.45, 7) is 6.86. The number of amides is 2. The maximum absolute atomic E-state index is 12.6. The second-order valence-corrected chi connectivity index (χ2v) is 8.31. The molecular weight excluding hydrogens is 376 g/mol. The number of rotatable bonds is 7. The fraction of sp³-hybridized carbons (Fsp3) is 0.571. The molecule has 7 heteroatoms. The number of nitrogens with one attached hydrogen (secondary N) is 1. The van der Waals surface area contributed by atoms with Crippen LogP contribution in [0.15, 0.2) is 29.2 Å². The smallest absolute Gasteiger partial charge is 0.340 e. The lowest BCUT2D eigenvalue weighted by Gasteiger charge is -2.24. The molecule has 6 nitrogen and oxygen atoms in total. The number of carbonyl (C=O) groups is 3. The molecule has 0 unspecified atom stereocenters. The van der Waals surface area contributed by atoms with Gasteiger partial charge in [0.15, 0.2) is 6.10 Å². The Labute approximate surface area is 171 Å².